The Bertz CT molecular complexity index is 329. The van der Waals surface area contributed by atoms with Gasteiger partial charge in [-0.1, -0.05) is 6.08 Å². The lowest BCUT2D eigenvalue weighted by atomic mass is 10.0. The minimum atomic E-state index is -0.341. The van der Waals surface area contributed by atoms with Crippen LogP contribution in [0.2, 0.25) is 0 Å². The van der Waals surface area contributed by atoms with Crippen molar-refractivity contribution >= 4 is 16.9 Å². The van der Waals surface area contributed by atoms with Gasteiger partial charge in [0.15, 0.2) is 0 Å². The summed E-state index contributed by atoms with van der Waals surface area (Å²) in [5.41, 5.74) is 2.35. The molecule has 0 bridgehead atoms. The van der Waals surface area contributed by atoms with Crippen molar-refractivity contribution in [3.8, 4) is 0 Å². The number of rotatable bonds is 1. The number of hydrogen-bond donors (Lipinski definition) is 2. The van der Waals surface area contributed by atoms with Crippen molar-refractivity contribution in [3.05, 3.63) is 28.0 Å². The van der Waals surface area contributed by atoms with E-state index >= 15 is 0 Å². The largest absolute Gasteiger partial charge is 0.387 e. The normalized spacial score (nSPS) is 22.9. The molecule has 0 fully saturated rings. The molecule has 0 saturated carbocycles. The average molecular weight is 195 g/mol. The van der Waals surface area contributed by atoms with Crippen molar-refractivity contribution in [2.45, 2.75) is 13.0 Å². The molecule has 0 amide bonds. The summed E-state index contributed by atoms with van der Waals surface area (Å²) >= 11 is 1.70. The number of aliphatic hydroxyl groups excluding tert-OH is 1. The first-order valence-corrected chi connectivity index (χ1v) is 5.29. The van der Waals surface area contributed by atoms with E-state index in [4.69, 9.17) is 0 Å². The highest BCUT2D eigenvalue weighted by Gasteiger charge is 2.16. The van der Waals surface area contributed by atoms with Crippen molar-refractivity contribution in [1.82, 2.24) is 5.32 Å². The highest BCUT2D eigenvalue weighted by molar-refractivity contribution is 7.11. The fourth-order valence-electron chi connectivity index (χ4n) is 1.50. The van der Waals surface area contributed by atoms with E-state index < -0.39 is 0 Å². The van der Waals surface area contributed by atoms with Crippen molar-refractivity contribution in [1.29, 1.82) is 0 Å². The third-order valence-electron chi connectivity index (χ3n) is 2.18. The minimum absolute atomic E-state index is 0.341. The molecular formula is C10H13NOS. The van der Waals surface area contributed by atoms with Crippen LogP contribution in [0.4, 0.5) is 0 Å². The highest BCUT2D eigenvalue weighted by Crippen LogP contribution is 2.26. The molecule has 2 nitrogen and oxygen atoms in total. The lowest BCUT2D eigenvalue weighted by Gasteiger charge is -2.19. The zero-order valence-corrected chi connectivity index (χ0v) is 8.40. The van der Waals surface area contributed by atoms with Crippen LogP contribution in [0, 0.1) is 6.92 Å². The van der Waals surface area contributed by atoms with Crippen LogP contribution in [-0.4, -0.2) is 24.3 Å². The van der Waals surface area contributed by atoms with Crippen LogP contribution < -0.4 is 5.32 Å². The van der Waals surface area contributed by atoms with Crippen molar-refractivity contribution in [3.63, 3.8) is 0 Å². The summed E-state index contributed by atoms with van der Waals surface area (Å²) in [6.45, 7) is 3.61. The van der Waals surface area contributed by atoms with Crippen LogP contribution in [0.25, 0.3) is 5.57 Å². The first kappa shape index (κ1) is 8.94. The summed E-state index contributed by atoms with van der Waals surface area (Å²) in [4.78, 5) is 1.20. The van der Waals surface area contributed by atoms with Gasteiger partial charge in [-0.3, -0.25) is 0 Å². The molecule has 1 unspecified atom stereocenters. The van der Waals surface area contributed by atoms with Crippen LogP contribution in [-0.2, 0) is 0 Å². The summed E-state index contributed by atoms with van der Waals surface area (Å²) in [6, 6.07) is 2.13. The average Bonchev–Trinajstić information content (AvgIpc) is 2.53. The Morgan fingerprint density at radius 3 is 3.08 bits per heavy atom. The third kappa shape index (κ3) is 1.82. The second kappa shape index (κ2) is 3.62. The number of nitrogens with one attached hydrogen (secondary N) is 1. The Labute approximate surface area is 81.9 Å². The number of hydrogen-bond acceptors (Lipinski definition) is 3. The molecule has 0 aromatic carbocycles. The van der Waals surface area contributed by atoms with Gasteiger partial charge in [0.05, 0.1) is 6.10 Å². The standard InChI is InChI=1S/C10H13NOS/c1-7-4-10(13-6-7)8-2-3-11-5-9(8)12/h2,4,6,9,11-12H,3,5H2,1H3. The Morgan fingerprint density at radius 1 is 1.62 bits per heavy atom. The summed E-state index contributed by atoms with van der Waals surface area (Å²) in [7, 11) is 0. The molecular weight excluding hydrogens is 182 g/mol. The van der Waals surface area contributed by atoms with Gasteiger partial charge in [0.1, 0.15) is 0 Å². The molecule has 2 rings (SSSR count). The SMILES string of the molecule is Cc1csc(C2=CCNCC2O)c1. The van der Waals surface area contributed by atoms with Crippen molar-refractivity contribution in [2.75, 3.05) is 13.1 Å². The second-order valence-corrected chi connectivity index (χ2v) is 4.23. The maximum Gasteiger partial charge on any atom is 0.0925 e. The maximum atomic E-state index is 9.71. The zero-order valence-electron chi connectivity index (χ0n) is 7.58. The van der Waals surface area contributed by atoms with E-state index in [2.05, 4.69) is 29.8 Å². The maximum absolute atomic E-state index is 9.71. The Morgan fingerprint density at radius 2 is 2.46 bits per heavy atom. The lowest BCUT2D eigenvalue weighted by Crippen LogP contribution is -2.32. The van der Waals surface area contributed by atoms with Gasteiger partial charge in [-0.15, -0.1) is 11.3 Å². The van der Waals surface area contributed by atoms with Crippen LogP contribution in [0.5, 0.6) is 0 Å². The summed E-state index contributed by atoms with van der Waals surface area (Å²) < 4.78 is 0. The minimum Gasteiger partial charge on any atom is -0.387 e. The number of β-amino-alcohol motifs (C(OH)–C–C–N with tert-alkyl or cyclic N) is 1. The molecule has 1 aromatic heterocycles. The Balaban J connectivity index is 2.29. The monoisotopic (exact) mass is 195 g/mol. The van der Waals surface area contributed by atoms with Crippen molar-refractivity contribution in [2.24, 2.45) is 0 Å². The predicted octanol–water partition coefficient (Wildman–Crippen LogP) is 1.40. The zero-order chi connectivity index (χ0) is 9.26. The predicted molar refractivity (Wildman–Crippen MR) is 55.9 cm³/mol. The van der Waals surface area contributed by atoms with Crippen LogP contribution >= 0.6 is 11.3 Å². The van der Waals surface area contributed by atoms with E-state index in [1.165, 1.54) is 10.4 Å². The molecule has 1 aromatic rings. The lowest BCUT2D eigenvalue weighted by molar-refractivity contribution is 0.225. The number of aryl methyl sites for hydroxylation is 1. The quantitative estimate of drug-likeness (QED) is 0.710. The molecule has 0 aliphatic carbocycles. The van der Waals surface area contributed by atoms with Gasteiger partial charge in [-0.2, -0.15) is 0 Å². The molecule has 0 spiro atoms. The van der Waals surface area contributed by atoms with Gasteiger partial charge in [0.25, 0.3) is 0 Å². The smallest absolute Gasteiger partial charge is 0.0925 e. The molecule has 13 heavy (non-hydrogen) atoms. The summed E-state index contributed by atoms with van der Waals surface area (Å²) in [5, 5.41) is 14.9. The number of aliphatic hydroxyl groups is 1. The van der Waals surface area contributed by atoms with E-state index in [1.54, 1.807) is 11.3 Å². The van der Waals surface area contributed by atoms with E-state index in [0.717, 1.165) is 12.1 Å². The van der Waals surface area contributed by atoms with Gasteiger partial charge in [0, 0.05) is 18.0 Å². The Kier molecular flexibility index (Phi) is 2.49. The van der Waals surface area contributed by atoms with Gasteiger partial charge in [-0.05, 0) is 29.5 Å². The summed E-state index contributed by atoms with van der Waals surface area (Å²) in [6.07, 6.45) is 1.73. The van der Waals surface area contributed by atoms with E-state index in [-0.39, 0.29) is 6.10 Å². The molecule has 1 aliphatic rings. The molecule has 2 heterocycles. The van der Waals surface area contributed by atoms with Gasteiger partial charge < -0.3 is 10.4 Å². The molecule has 3 heteroatoms. The van der Waals surface area contributed by atoms with E-state index in [1.807, 2.05) is 0 Å². The third-order valence-corrected chi connectivity index (χ3v) is 3.28. The van der Waals surface area contributed by atoms with Crippen LogP contribution in [0.15, 0.2) is 17.5 Å². The van der Waals surface area contributed by atoms with Crippen LogP contribution in [0.1, 0.15) is 10.4 Å². The van der Waals surface area contributed by atoms with Gasteiger partial charge in [0.2, 0.25) is 0 Å². The van der Waals surface area contributed by atoms with E-state index in [9.17, 15) is 5.11 Å². The number of thiophene rings is 1. The molecule has 70 valence electrons. The first-order valence-electron chi connectivity index (χ1n) is 4.42. The Hall–Kier alpha value is -0.640. The van der Waals surface area contributed by atoms with Gasteiger partial charge >= 0.3 is 0 Å². The second-order valence-electron chi connectivity index (χ2n) is 3.32. The summed E-state index contributed by atoms with van der Waals surface area (Å²) in [5.74, 6) is 0. The van der Waals surface area contributed by atoms with Gasteiger partial charge in [-0.25, -0.2) is 0 Å². The van der Waals surface area contributed by atoms with Crippen molar-refractivity contribution < 1.29 is 5.11 Å². The molecule has 0 radical (unpaired) electrons. The topological polar surface area (TPSA) is 32.3 Å². The first-order chi connectivity index (χ1) is 6.27. The molecule has 2 N–H and O–H groups in total. The molecule has 1 atom stereocenters. The molecule has 0 saturated heterocycles. The fourth-order valence-corrected chi connectivity index (χ4v) is 2.49. The van der Waals surface area contributed by atoms with E-state index in [0.29, 0.717) is 6.54 Å². The van der Waals surface area contributed by atoms with Crippen LogP contribution in [0.3, 0.4) is 0 Å². The fraction of sp³-hybridized carbons (Fsp3) is 0.400. The highest BCUT2D eigenvalue weighted by atomic mass is 32.1. The molecule has 1 aliphatic heterocycles.